The topological polar surface area (TPSA) is 0 Å². The molecule has 0 atom stereocenters. The Hall–Kier alpha value is -0.610. The Labute approximate surface area is 85.5 Å². The largest absolute Gasteiger partial charge is 0.126 e. The molecule has 0 heterocycles. The highest BCUT2D eigenvalue weighted by atomic mass is 32.2. The van der Waals surface area contributed by atoms with E-state index < -0.39 is 0 Å². The molecule has 1 rings (SSSR count). The van der Waals surface area contributed by atoms with E-state index in [2.05, 4.69) is 19.4 Å². The maximum absolute atomic E-state index is 5.34. The minimum Gasteiger partial charge on any atom is -0.126 e. The Kier molecular flexibility index (Phi) is 4.18. The van der Waals surface area contributed by atoms with Gasteiger partial charge in [0, 0.05) is 11.3 Å². The van der Waals surface area contributed by atoms with Crippen LogP contribution in [0.3, 0.4) is 0 Å². The van der Waals surface area contributed by atoms with Gasteiger partial charge in [0.2, 0.25) is 0 Å². The molecule has 0 radical (unpaired) electrons. The minimum absolute atomic E-state index is 0.807. The molecule has 1 aliphatic rings. The van der Waals surface area contributed by atoms with E-state index in [1.54, 1.807) is 0 Å². The summed E-state index contributed by atoms with van der Waals surface area (Å²) in [6, 6.07) is 0. The molecule has 0 nitrogen and oxygen atoms in total. The average molecular weight is 192 g/mol. The normalized spacial score (nSPS) is 17.4. The molecule has 0 unspecified atom stereocenters. The lowest BCUT2D eigenvalue weighted by atomic mass is 9.94. The molecule has 1 heteroatoms. The molecule has 0 aromatic rings. The van der Waals surface area contributed by atoms with Crippen molar-refractivity contribution in [2.24, 2.45) is 0 Å². The predicted octanol–water partition coefficient (Wildman–Crippen LogP) is 3.76. The van der Waals surface area contributed by atoms with Crippen LogP contribution in [-0.2, 0) is 0 Å². The van der Waals surface area contributed by atoms with Crippen molar-refractivity contribution >= 4 is 11.8 Å². The summed E-state index contributed by atoms with van der Waals surface area (Å²) in [5.74, 6) is 3.85. The van der Waals surface area contributed by atoms with Crippen LogP contribution in [0.15, 0.2) is 22.6 Å². The van der Waals surface area contributed by atoms with E-state index in [1.165, 1.54) is 28.9 Å². The van der Waals surface area contributed by atoms with E-state index in [1.807, 2.05) is 11.8 Å². The van der Waals surface area contributed by atoms with Gasteiger partial charge < -0.3 is 0 Å². The van der Waals surface area contributed by atoms with E-state index in [0.717, 1.165) is 18.6 Å². The first kappa shape index (κ1) is 10.5. The second kappa shape index (κ2) is 5.19. The van der Waals surface area contributed by atoms with Crippen molar-refractivity contribution in [3.63, 3.8) is 0 Å². The van der Waals surface area contributed by atoms with E-state index in [4.69, 9.17) is 6.42 Å². The third-order valence-electron chi connectivity index (χ3n) is 2.20. The van der Waals surface area contributed by atoms with Crippen molar-refractivity contribution in [1.29, 1.82) is 0 Å². The highest BCUT2D eigenvalue weighted by Crippen LogP contribution is 2.37. The van der Waals surface area contributed by atoms with Gasteiger partial charge in [0.15, 0.2) is 0 Å². The van der Waals surface area contributed by atoms with Crippen LogP contribution >= 0.6 is 11.8 Å². The molecule has 70 valence electrons. The summed E-state index contributed by atoms with van der Waals surface area (Å²) in [7, 11) is 0. The molecule has 0 saturated heterocycles. The van der Waals surface area contributed by atoms with Gasteiger partial charge in [-0.05, 0) is 36.2 Å². The second-order valence-electron chi connectivity index (χ2n) is 3.20. The molecular formula is C12H16S. The van der Waals surface area contributed by atoms with Crippen LogP contribution < -0.4 is 0 Å². The first-order chi connectivity index (χ1) is 6.29. The van der Waals surface area contributed by atoms with Gasteiger partial charge in [-0.1, -0.05) is 13.5 Å². The highest BCUT2D eigenvalue weighted by molar-refractivity contribution is 8.03. The predicted molar refractivity (Wildman–Crippen MR) is 61.6 cm³/mol. The Morgan fingerprint density at radius 1 is 1.54 bits per heavy atom. The molecular weight excluding hydrogens is 176 g/mol. The van der Waals surface area contributed by atoms with Gasteiger partial charge in [0.05, 0.1) is 0 Å². The molecule has 0 amide bonds. The van der Waals surface area contributed by atoms with Gasteiger partial charge in [0.25, 0.3) is 0 Å². The van der Waals surface area contributed by atoms with Crippen LogP contribution in [0.5, 0.6) is 0 Å². The fraction of sp³-hybridized carbons (Fsp3) is 0.500. The maximum atomic E-state index is 5.34. The third-order valence-corrected chi connectivity index (χ3v) is 3.36. The fourth-order valence-corrected chi connectivity index (χ4v) is 2.61. The lowest BCUT2D eigenvalue weighted by Gasteiger charge is -2.20. The summed E-state index contributed by atoms with van der Waals surface area (Å²) in [4.78, 5) is 1.40. The van der Waals surface area contributed by atoms with Crippen LogP contribution in [0.1, 0.15) is 32.6 Å². The van der Waals surface area contributed by atoms with Gasteiger partial charge >= 0.3 is 0 Å². The molecule has 0 spiro atoms. The Balaban J connectivity index is 2.84. The van der Waals surface area contributed by atoms with E-state index in [9.17, 15) is 0 Å². The third kappa shape index (κ3) is 2.67. The monoisotopic (exact) mass is 192 g/mol. The maximum Gasteiger partial charge on any atom is 0.0310 e. The summed E-state index contributed by atoms with van der Waals surface area (Å²) in [6.45, 7) is 6.27. The van der Waals surface area contributed by atoms with Crippen LogP contribution in [0.25, 0.3) is 0 Å². The zero-order valence-corrected chi connectivity index (χ0v) is 9.04. The van der Waals surface area contributed by atoms with Crippen LogP contribution in [0.4, 0.5) is 0 Å². The number of thioether (sulfide) groups is 1. The minimum atomic E-state index is 0.807. The van der Waals surface area contributed by atoms with Gasteiger partial charge in [0.1, 0.15) is 0 Å². The summed E-state index contributed by atoms with van der Waals surface area (Å²) >= 11 is 1.89. The summed E-state index contributed by atoms with van der Waals surface area (Å²) in [6.07, 6.45) is 9.69. The van der Waals surface area contributed by atoms with E-state index in [0.29, 0.717) is 0 Å². The molecule has 0 saturated carbocycles. The number of terminal acetylenes is 1. The van der Waals surface area contributed by atoms with Crippen LogP contribution in [0, 0.1) is 12.3 Å². The first-order valence-electron chi connectivity index (χ1n) is 4.76. The molecule has 0 aromatic carbocycles. The molecule has 0 fully saturated rings. The zero-order valence-electron chi connectivity index (χ0n) is 8.23. The number of hydrogen-bond acceptors (Lipinski definition) is 1. The quantitative estimate of drug-likeness (QED) is 0.614. The van der Waals surface area contributed by atoms with Gasteiger partial charge in [-0.25, -0.2) is 0 Å². The van der Waals surface area contributed by atoms with Gasteiger partial charge in [-0.15, -0.1) is 24.1 Å². The van der Waals surface area contributed by atoms with E-state index in [-0.39, 0.29) is 0 Å². The smallest absolute Gasteiger partial charge is 0.0310 e. The van der Waals surface area contributed by atoms with Crippen LogP contribution in [0.2, 0.25) is 0 Å². The van der Waals surface area contributed by atoms with Crippen molar-refractivity contribution in [3.8, 4) is 12.3 Å². The Morgan fingerprint density at radius 3 is 2.92 bits per heavy atom. The summed E-state index contributed by atoms with van der Waals surface area (Å²) in [5, 5.41) is 0. The molecule has 1 aliphatic carbocycles. The van der Waals surface area contributed by atoms with Crippen molar-refractivity contribution < 1.29 is 0 Å². The van der Waals surface area contributed by atoms with Crippen molar-refractivity contribution in [3.05, 3.63) is 22.6 Å². The average Bonchev–Trinajstić information content (AvgIpc) is 2.11. The Bertz CT molecular complexity index is 265. The second-order valence-corrected chi connectivity index (χ2v) is 4.48. The molecule has 0 bridgehead atoms. The molecule has 0 aliphatic heterocycles. The van der Waals surface area contributed by atoms with Crippen molar-refractivity contribution in [2.75, 3.05) is 5.75 Å². The first-order valence-corrected chi connectivity index (χ1v) is 5.74. The number of rotatable bonds is 3. The van der Waals surface area contributed by atoms with Crippen molar-refractivity contribution in [1.82, 2.24) is 0 Å². The lowest BCUT2D eigenvalue weighted by Crippen LogP contribution is -2.00. The highest BCUT2D eigenvalue weighted by Gasteiger charge is 2.14. The molecule has 13 heavy (non-hydrogen) atoms. The van der Waals surface area contributed by atoms with Crippen molar-refractivity contribution in [2.45, 2.75) is 32.6 Å². The van der Waals surface area contributed by atoms with Gasteiger partial charge in [-0.2, -0.15) is 0 Å². The summed E-state index contributed by atoms with van der Waals surface area (Å²) < 4.78 is 0. The molecule has 0 aromatic heterocycles. The molecule has 0 N–H and O–H groups in total. The summed E-state index contributed by atoms with van der Waals surface area (Å²) in [5.41, 5.74) is 2.73. The fourth-order valence-electron chi connectivity index (χ4n) is 1.63. The lowest BCUT2D eigenvalue weighted by molar-refractivity contribution is 0.769. The standard InChI is InChI=1S/C12H16S/c1-4-7-11-9-6-8-10(3)12(11)13-5-2/h1H,3,5-9H2,2H3. The zero-order chi connectivity index (χ0) is 9.68. The van der Waals surface area contributed by atoms with E-state index >= 15 is 0 Å². The number of hydrogen-bond donors (Lipinski definition) is 0. The number of allylic oxidation sites excluding steroid dienone is 2. The SMILES string of the molecule is C#CCC1=C(SCC)C(=C)CCC1. The Morgan fingerprint density at radius 2 is 2.31 bits per heavy atom. The van der Waals surface area contributed by atoms with Gasteiger partial charge in [-0.3, -0.25) is 0 Å². The van der Waals surface area contributed by atoms with Crippen LogP contribution in [-0.4, -0.2) is 5.75 Å².